The smallest absolute Gasteiger partial charge is 0.246 e. The van der Waals surface area contributed by atoms with Crippen molar-refractivity contribution < 1.29 is 44.1 Å². The number of nitrogens with two attached hydrogens (primary N) is 1. The van der Waals surface area contributed by atoms with Crippen molar-refractivity contribution in [2.24, 2.45) is 5.73 Å². The monoisotopic (exact) mass is 559 g/mol. The van der Waals surface area contributed by atoms with Gasteiger partial charge in [0.15, 0.2) is 0 Å². The molecular weight excluding hydrogens is 518 g/mol. The van der Waals surface area contributed by atoms with Crippen LogP contribution in [0.4, 0.5) is 0 Å². The molecule has 6 amide bonds. The van der Waals surface area contributed by atoms with Gasteiger partial charge in [0.2, 0.25) is 35.4 Å². The summed E-state index contributed by atoms with van der Waals surface area (Å²) >= 11 is 0. The van der Waals surface area contributed by atoms with Crippen molar-refractivity contribution in [2.45, 2.75) is 75.3 Å². The van der Waals surface area contributed by atoms with Crippen LogP contribution in [-0.2, 0) is 28.8 Å². The Morgan fingerprint density at radius 2 is 1.77 bits per heavy atom. The van der Waals surface area contributed by atoms with Crippen LogP contribution in [0.25, 0.3) is 0 Å². The summed E-state index contributed by atoms with van der Waals surface area (Å²) < 4.78 is 0. The van der Waals surface area contributed by atoms with E-state index in [0.717, 1.165) is 4.90 Å². The Morgan fingerprint density at radius 3 is 2.31 bits per heavy atom. The van der Waals surface area contributed by atoms with Crippen LogP contribution in [-0.4, -0.2) is 126 Å². The molecule has 1 fully saturated rings. The molecule has 1 rings (SSSR count). The summed E-state index contributed by atoms with van der Waals surface area (Å²) in [6.07, 6.45) is -0.837. The van der Waals surface area contributed by atoms with E-state index < -0.39 is 85.0 Å². The molecule has 0 spiro atoms. The van der Waals surface area contributed by atoms with Crippen molar-refractivity contribution in [3.8, 4) is 0 Å². The first-order chi connectivity index (χ1) is 18.4. The second-order valence-corrected chi connectivity index (χ2v) is 9.31. The van der Waals surface area contributed by atoms with E-state index in [4.69, 9.17) is 5.73 Å². The molecule has 0 saturated carbocycles. The molecule has 1 heterocycles. The number of carbonyl (C=O) groups excluding carboxylic acids is 6. The third-order valence-corrected chi connectivity index (χ3v) is 6.33. The number of hydrogen-bond acceptors (Lipinski definition) is 10. The average molecular weight is 560 g/mol. The summed E-state index contributed by atoms with van der Waals surface area (Å²) in [6, 6.07) is -6.56. The first kappa shape index (κ1) is 33.7. The van der Waals surface area contributed by atoms with Gasteiger partial charge in [-0.15, -0.1) is 0 Å². The molecule has 1 saturated heterocycles. The maximum Gasteiger partial charge on any atom is 0.246 e. The molecule has 0 aromatic heterocycles. The van der Waals surface area contributed by atoms with E-state index >= 15 is 0 Å². The molecule has 0 aromatic carbocycles. The molecule has 16 nitrogen and oxygen atoms in total. The van der Waals surface area contributed by atoms with Crippen LogP contribution >= 0.6 is 0 Å². The van der Waals surface area contributed by atoms with Gasteiger partial charge in [-0.2, -0.15) is 0 Å². The first-order valence-electron chi connectivity index (χ1n) is 12.7. The molecule has 1 aliphatic heterocycles. The fraction of sp³-hybridized carbons (Fsp3) is 0.739. The third kappa shape index (κ3) is 10.4. The summed E-state index contributed by atoms with van der Waals surface area (Å²) in [6.45, 7) is 0.0277. The lowest BCUT2D eigenvalue weighted by Gasteiger charge is -2.33. The van der Waals surface area contributed by atoms with Crippen molar-refractivity contribution in [3.63, 3.8) is 0 Å². The molecular formula is C23H41N7O9. The predicted octanol–water partition coefficient (Wildman–Crippen LogP) is -5.21. The van der Waals surface area contributed by atoms with E-state index in [-0.39, 0.29) is 25.8 Å². The third-order valence-electron chi connectivity index (χ3n) is 6.33. The predicted molar refractivity (Wildman–Crippen MR) is 136 cm³/mol. The van der Waals surface area contributed by atoms with E-state index in [1.165, 1.54) is 21.0 Å². The Labute approximate surface area is 226 Å². The summed E-state index contributed by atoms with van der Waals surface area (Å²) in [5.41, 5.74) is 5.37. The molecule has 0 aromatic rings. The fourth-order valence-corrected chi connectivity index (χ4v) is 4.01. The van der Waals surface area contributed by atoms with Crippen molar-refractivity contribution in [1.29, 1.82) is 0 Å². The highest BCUT2D eigenvalue weighted by atomic mass is 16.3. The van der Waals surface area contributed by atoms with E-state index in [9.17, 15) is 44.1 Å². The van der Waals surface area contributed by atoms with Gasteiger partial charge in [0.25, 0.3) is 0 Å². The largest absolute Gasteiger partial charge is 0.394 e. The summed E-state index contributed by atoms with van der Waals surface area (Å²) in [5.74, 6) is -4.72. The summed E-state index contributed by atoms with van der Waals surface area (Å²) in [7, 11) is 2.62. The van der Waals surface area contributed by atoms with E-state index in [1.807, 2.05) is 0 Å². The van der Waals surface area contributed by atoms with Gasteiger partial charge in [0.05, 0.1) is 19.3 Å². The van der Waals surface area contributed by atoms with Gasteiger partial charge in [0, 0.05) is 20.0 Å². The lowest BCUT2D eigenvalue weighted by molar-refractivity contribution is -0.146. The van der Waals surface area contributed by atoms with E-state index in [0.29, 0.717) is 12.8 Å². The minimum absolute atomic E-state index is 0.141. The van der Waals surface area contributed by atoms with E-state index in [1.54, 1.807) is 0 Å². The molecule has 6 atom stereocenters. The van der Waals surface area contributed by atoms with Crippen LogP contribution in [0.2, 0.25) is 0 Å². The summed E-state index contributed by atoms with van der Waals surface area (Å²) in [4.78, 5) is 76.8. The number of nitrogens with one attached hydrogen (secondary N) is 5. The number of amides is 6. The Balaban J connectivity index is 3.33. The fourth-order valence-electron chi connectivity index (χ4n) is 4.01. The quantitative estimate of drug-likeness (QED) is 0.143. The van der Waals surface area contributed by atoms with Crippen LogP contribution in [0, 0.1) is 0 Å². The Hall–Kier alpha value is -3.34. The average Bonchev–Trinajstić information content (AvgIpc) is 2.87. The molecule has 1 aliphatic rings. The Kier molecular flexibility index (Phi) is 14.3. The number of aliphatic hydroxyl groups excluding tert-OH is 3. The number of primary amides is 1. The highest BCUT2D eigenvalue weighted by Crippen LogP contribution is 2.11. The lowest BCUT2D eigenvalue weighted by Crippen LogP contribution is -2.62. The first-order valence-corrected chi connectivity index (χ1v) is 12.7. The van der Waals surface area contributed by atoms with Crippen LogP contribution in [0.15, 0.2) is 0 Å². The highest BCUT2D eigenvalue weighted by Gasteiger charge is 2.37. The standard InChI is InChI=1S/C23H41N7O9/c1-12(33)18-22(38)29-16(11-32)21(37)27-13(19(24)35)6-4-5-9-26-17(34)8-7-14(23(39)30(18)3)28-20(36)15(10-31)25-2/h12-16,18,25,31-33H,4-11H2,1-3H3,(H2,24,35)(H,26,34)(H,27,37)(H,28,36)(H,29,38). The van der Waals surface area contributed by atoms with Crippen LogP contribution in [0.1, 0.15) is 39.0 Å². The number of likely N-dealkylation sites (N-methyl/N-ethyl adjacent to an activating group) is 2. The van der Waals surface area contributed by atoms with Gasteiger partial charge in [-0.05, 0) is 39.7 Å². The van der Waals surface area contributed by atoms with E-state index in [2.05, 4.69) is 26.6 Å². The maximum absolute atomic E-state index is 13.4. The zero-order valence-electron chi connectivity index (χ0n) is 22.4. The zero-order chi connectivity index (χ0) is 29.7. The van der Waals surface area contributed by atoms with Crippen molar-refractivity contribution in [3.05, 3.63) is 0 Å². The van der Waals surface area contributed by atoms with Crippen molar-refractivity contribution >= 4 is 35.4 Å². The SMILES string of the molecule is CNC(CO)C(=O)NC1CCC(=O)NCCCCC(C(N)=O)NC(=O)C(CO)NC(=O)C(C(C)O)N(C)C1=O. The number of carbonyl (C=O) groups is 6. The maximum atomic E-state index is 13.4. The molecule has 39 heavy (non-hydrogen) atoms. The Bertz CT molecular complexity index is 882. The van der Waals surface area contributed by atoms with Gasteiger partial charge in [-0.3, -0.25) is 28.8 Å². The molecule has 0 bridgehead atoms. The van der Waals surface area contributed by atoms with Crippen LogP contribution in [0.3, 0.4) is 0 Å². The van der Waals surface area contributed by atoms with Gasteiger partial charge in [-0.1, -0.05) is 0 Å². The topological polar surface area (TPSA) is 253 Å². The number of nitrogens with zero attached hydrogens (tertiary/aromatic N) is 1. The zero-order valence-corrected chi connectivity index (χ0v) is 22.4. The second-order valence-electron chi connectivity index (χ2n) is 9.31. The normalized spacial score (nSPS) is 26.3. The van der Waals surface area contributed by atoms with Crippen molar-refractivity contribution in [2.75, 3.05) is 33.9 Å². The van der Waals surface area contributed by atoms with Crippen LogP contribution < -0.4 is 32.3 Å². The van der Waals surface area contributed by atoms with Gasteiger partial charge in [-0.25, -0.2) is 0 Å². The molecule has 222 valence electrons. The highest BCUT2D eigenvalue weighted by molar-refractivity contribution is 5.96. The molecule has 0 aliphatic carbocycles. The second kappa shape index (κ2) is 16.6. The molecule has 10 N–H and O–H groups in total. The molecule has 6 unspecified atom stereocenters. The minimum atomic E-state index is -1.57. The number of rotatable bonds is 7. The van der Waals surface area contributed by atoms with Crippen molar-refractivity contribution in [1.82, 2.24) is 31.5 Å². The molecule has 16 heteroatoms. The lowest BCUT2D eigenvalue weighted by atomic mass is 10.0. The van der Waals surface area contributed by atoms with Gasteiger partial charge in [0.1, 0.15) is 30.2 Å². The van der Waals surface area contributed by atoms with Crippen LogP contribution in [0.5, 0.6) is 0 Å². The minimum Gasteiger partial charge on any atom is -0.394 e. The number of aliphatic hydroxyl groups is 3. The van der Waals surface area contributed by atoms with Gasteiger partial charge >= 0.3 is 0 Å². The number of hydrogen-bond donors (Lipinski definition) is 9. The Morgan fingerprint density at radius 1 is 1.10 bits per heavy atom. The summed E-state index contributed by atoms with van der Waals surface area (Å²) in [5, 5.41) is 41.8. The van der Waals surface area contributed by atoms with Gasteiger partial charge < -0.3 is 52.5 Å². The molecule has 0 radical (unpaired) electrons.